The highest BCUT2D eigenvalue weighted by Crippen LogP contribution is 2.32. The summed E-state index contributed by atoms with van der Waals surface area (Å²) in [4.78, 5) is 41.7. The number of hydrogen-bond acceptors (Lipinski definition) is 6. The van der Waals surface area contributed by atoms with E-state index in [1.807, 2.05) is 19.1 Å². The van der Waals surface area contributed by atoms with Crippen LogP contribution in [0.25, 0.3) is 10.9 Å². The number of nitro benzene ring substituents is 1. The maximum Gasteiger partial charge on any atom is 0.293 e. The molecule has 1 saturated carbocycles. The molecular weight excluding hydrogens is 440 g/mol. The zero-order chi connectivity index (χ0) is 23.5. The molecule has 33 heavy (non-hydrogen) atoms. The first-order chi connectivity index (χ1) is 15.9. The molecule has 1 amide bonds. The molecule has 4 rings (SSSR count). The van der Waals surface area contributed by atoms with Gasteiger partial charge in [0.2, 0.25) is 5.91 Å². The number of carbonyl (C=O) groups is 1. The Labute approximate surface area is 195 Å². The van der Waals surface area contributed by atoms with Gasteiger partial charge in [-0.1, -0.05) is 49.2 Å². The second-order valence-electron chi connectivity index (χ2n) is 8.37. The lowest BCUT2D eigenvalue weighted by atomic mass is 9.95. The number of para-hydroxylation sites is 1. The fraction of sp³-hybridized carbons (Fsp3) is 0.375. The van der Waals surface area contributed by atoms with Gasteiger partial charge in [0, 0.05) is 12.1 Å². The van der Waals surface area contributed by atoms with Crippen LogP contribution in [-0.4, -0.2) is 26.1 Å². The van der Waals surface area contributed by atoms with Gasteiger partial charge < -0.3 is 5.32 Å². The minimum atomic E-state index is -0.499. The molecule has 0 unspecified atom stereocenters. The zero-order valence-corrected chi connectivity index (χ0v) is 19.5. The molecule has 0 bridgehead atoms. The molecule has 0 saturated heterocycles. The van der Waals surface area contributed by atoms with Gasteiger partial charge in [-0.05, 0) is 49.9 Å². The topological polar surface area (TPSA) is 107 Å². The van der Waals surface area contributed by atoms with E-state index in [-0.39, 0.29) is 34.6 Å². The van der Waals surface area contributed by atoms with Crippen LogP contribution in [0.15, 0.2) is 46.3 Å². The first kappa shape index (κ1) is 23.0. The lowest BCUT2D eigenvalue weighted by Crippen LogP contribution is -2.29. The maximum atomic E-state index is 13.3. The molecule has 1 aromatic heterocycles. The van der Waals surface area contributed by atoms with Crippen LogP contribution in [0.4, 0.5) is 11.4 Å². The van der Waals surface area contributed by atoms with Crippen LogP contribution in [0.3, 0.4) is 0 Å². The smallest absolute Gasteiger partial charge is 0.293 e. The highest BCUT2D eigenvalue weighted by Gasteiger charge is 2.23. The third-order valence-corrected chi connectivity index (χ3v) is 7.18. The number of anilines is 1. The van der Waals surface area contributed by atoms with Gasteiger partial charge in [0.15, 0.2) is 5.16 Å². The molecule has 0 aliphatic heterocycles. The van der Waals surface area contributed by atoms with E-state index < -0.39 is 4.92 Å². The summed E-state index contributed by atoms with van der Waals surface area (Å²) >= 11 is 1.19. The van der Waals surface area contributed by atoms with Crippen molar-refractivity contribution in [1.29, 1.82) is 0 Å². The molecule has 1 N–H and O–H groups in total. The number of fused-ring (bicyclic) bond motifs is 1. The predicted octanol–water partition coefficient (Wildman–Crippen LogP) is 5.16. The summed E-state index contributed by atoms with van der Waals surface area (Å²) in [6.45, 7) is 3.59. The minimum absolute atomic E-state index is 0.0119. The molecule has 1 heterocycles. The van der Waals surface area contributed by atoms with Gasteiger partial charge in [-0.3, -0.25) is 24.3 Å². The summed E-state index contributed by atoms with van der Waals surface area (Å²) in [5.74, 6) is -0.392. The third kappa shape index (κ3) is 4.78. The summed E-state index contributed by atoms with van der Waals surface area (Å²) in [7, 11) is 0. The zero-order valence-electron chi connectivity index (χ0n) is 18.7. The van der Waals surface area contributed by atoms with Crippen LogP contribution in [0, 0.1) is 24.0 Å². The van der Waals surface area contributed by atoms with Gasteiger partial charge in [-0.25, -0.2) is 4.98 Å². The highest BCUT2D eigenvalue weighted by atomic mass is 32.2. The molecule has 9 heteroatoms. The van der Waals surface area contributed by atoms with Crippen molar-refractivity contribution >= 4 is 39.9 Å². The van der Waals surface area contributed by atoms with E-state index in [4.69, 9.17) is 4.98 Å². The standard InChI is InChI=1S/C24H26N4O4S/c1-15-12-13-20(28(31)32)22(16(15)2)26-21(29)14-33-24-25-19-11-7-6-10-18(19)23(30)27(24)17-8-4-3-5-9-17/h6-7,10-13,17H,3-5,8-9,14H2,1-2H3,(H,26,29). The average Bonchev–Trinajstić information content (AvgIpc) is 2.81. The number of nitro groups is 1. The van der Waals surface area contributed by atoms with E-state index in [1.165, 1.54) is 17.8 Å². The van der Waals surface area contributed by atoms with Crippen molar-refractivity contribution in [3.63, 3.8) is 0 Å². The highest BCUT2D eigenvalue weighted by molar-refractivity contribution is 7.99. The fourth-order valence-corrected chi connectivity index (χ4v) is 5.17. The molecular formula is C24H26N4O4S. The third-order valence-electron chi connectivity index (χ3n) is 6.22. The Hall–Kier alpha value is -3.20. The van der Waals surface area contributed by atoms with Gasteiger partial charge in [0.05, 0.1) is 21.6 Å². The lowest BCUT2D eigenvalue weighted by molar-refractivity contribution is -0.384. The molecule has 2 aromatic carbocycles. The van der Waals surface area contributed by atoms with Crippen LogP contribution in [0.5, 0.6) is 0 Å². The molecule has 1 fully saturated rings. The van der Waals surface area contributed by atoms with Gasteiger partial charge in [-0.2, -0.15) is 0 Å². The molecule has 0 radical (unpaired) electrons. The molecule has 8 nitrogen and oxygen atoms in total. The Bertz CT molecular complexity index is 1280. The summed E-state index contributed by atoms with van der Waals surface area (Å²) < 4.78 is 1.75. The Morgan fingerprint density at radius 1 is 1.18 bits per heavy atom. The van der Waals surface area contributed by atoms with E-state index in [2.05, 4.69) is 5.32 Å². The predicted molar refractivity (Wildman–Crippen MR) is 130 cm³/mol. The van der Waals surface area contributed by atoms with Crippen LogP contribution in [0.2, 0.25) is 0 Å². The number of aryl methyl sites for hydroxylation is 1. The Morgan fingerprint density at radius 3 is 2.64 bits per heavy atom. The summed E-state index contributed by atoms with van der Waals surface area (Å²) in [6.07, 6.45) is 5.10. The molecule has 1 aliphatic carbocycles. The van der Waals surface area contributed by atoms with E-state index in [0.717, 1.165) is 37.7 Å². The molecule has 3 aromatic rings. The summed E-state index contributed by atoms with van der Waals surface area (Å²) in [5.41, 5.74) is 2.10. The maximum absolute atomic E-state index is 13.3. The second kappa shape index (κ2) is 9.74. The Morgan fingerprint density at radius 2 is 1.91 bits per heavy atom. The largest absolute Gasteiger partial charge is 0.319 e. The fourth-order valence-electron chi connectivity index (χ4n) is 4.31. The monoisotopic (exact) mass is 466 g/mol. The van der Waals surface area contributed by atoms with Crippen LogP contribution >= 0.6 is 11.8 Å². The van der Waals surface area contributed by atoms with Crippen LogP contribution in [0.1, 0.15) is 49.3 Å². The van der Waals surface area contributed by atoms with E-state index in [1.54, 1.807) is 29.7 Å². The van der Waals surface area contributed by atoms with Gasteiger partial charge in [-0.15, -0.1) is 0 Å². The Balaban J connectivity index is 1.62. The van der Waals surface area contributed by atoms with Crippen LogP contribution in [-0.2, 0) is 4.79 Å². The summed E-state index contributed by atoms with van der Waals surface area (Å²) in [5, 5.41) is 15.2. The second-order valence-corrected chi connectivity index (χ2v) is 9.32. The van der Waals surface area contributed by atoms with Crippen molar-refractivity contribution in [1.82, 2.24) is 9.55 Å². The molecule has 172 valence electrons. The van der Waals surface area contributed by atoms with Gasteiger partial charge in [0.1, 0.15) is 5.69 Å². The molecule has 0 spiro atoms. The molecule has 1 aliphatic rings. The number of nitrogens with one attached hydrogen (secondary N) is 1. The number of nitrogens with zero attached hydrogens (tertiary/aromatic N) is 3. The van der Waals surface area contributed by atoms with E-state index in [0.29, 0.717) is 21.6 Å². The van der Waals surface area contributed by atoms with Crippen LogP contribution < -0.4 is 10.9 Å². The van der Waals surface area contributed by atoms with E-state index in [9.17, 15) is 19.7 Å². The van der Waals surface area contributed by atoms with Gasteiger partial charge >= 0.3 is 0 Å². The number of benzene rings is 2. The van der Waals surface area contributed by atoms with Crippen molar-refractivity contribution in [3.05, 3.63) is 68.0 Å². The summed E-state index contributed by atoms with van der Waals surface area (Å²) in [6, 6.07) is 10.4. The molecule has 0 atom stereocenters. The van der Waals surface area contributed by atoms with Crippen molar-refractivity contribution in [2.24, 2.45) is 0 Å². The number of carbonyl (C=O) groups excluding carboxylic acids is 1. The first-order valence-corrected chi connectivity index (χ1v) is 12.0. The number of rotatable bonds is 6. The normalized spacial score (nSPS) is 14.4. The SMILES string of the molecule is Cc1ccc([N+](=O)[O-])c(NC(=O)CSc2nc3ccccc3c(=O)n2C2CCCCC2)c1C. The quantitative estimate of drug-likeness (QED) is 0.233. The number of aromatic nitrogens is 2. The number of thioether (sulfide) groups is 1. The van der Waals surface area contributed by atoms with E-state index >= 15 is 0 Å². The van der Waals surface area contributed by atoms with Crippen molar-refractivity contribution < 1.29 is 9.72 Å². The Kier molecular flexibility index (Phi) is 6.78. The van der Waals surface area contributed by atoms with Crippen molar-refractivity contribution in [3.8, 4) is 0 Å². The lowest BCUT2D eigenvalue weighted by Gasteiger charge is -2.26. The first-order valence-electron chi connectivity index (χ1n) is 11.1. The van der Waals surface area contributed by atoms with Crippen molar-refractivity contribution in [2.45, 2.75) is 57.1 Å². The number of hydrogen-bond donors (Lipinski definition) is 1. The average molecular weight is 467 g/mol. The minimum Gasteiger partial charge on any atom is -0.319 e. The van der Waals surface area contributed by atoms with Gasteiger partial charge in [0.25, 0.3) is 11.2 Å². The van der Waals surface area contributed by atoms with Crippen molar-refractivity contribution in [2.75, 3.05) is 11.1 Å². The number of amides is 1.